The second-order valence-corrected chi connectivity index (χ2v) is 5.18. The number of carbonyl (C=O) groups is 1. The molecule has 0 aliphatic heterocycles. The number of carbonyl (C=O) groups excluding carboxylic acids is 1. The molecule has 112 valence electrons. The van der Waals surface area contributed by atoms with Gasteiger partial charge in [-0.05, 0) is 43.3 Å². The molecule has 0 fully saturated rings. The van der Waals surface area contributed by atoms with Crippen molar-refractivity contribution in [2.45, 2.75) is 32.9 Å². The average Bonchev–Trinajstić information content (AvgIpc) is 2.94. The van der Waals surface area contributed by atoms with E-state index in [1.807, 2.05) is 19.9 Å². The molecule has 2 N–H and O–H groups in total. The molecule has 7 nitrogen and oxygen atoms in total. The van der Waals surface area contributed by atoms with Crippen LogP contribution in [-0.2, 0) is 0 Å². The maximum absolute atomic E-state index is 12.0. The van der Waals surface area contributed by atoms with E-state index >= 15 is 0 Å². The molecule has 0 saturated carbocycles. The van der Waals surface area contributed by atoms with Crippen LogP contribution in [0.4, 0.5) is 0 Å². The van der Waals surface area contributed by atoms with Gasteiger partial charge in [0, 0.05) is 17.7 Å². The molecule has 1 amide bonds. The molecular weight excluding hydrogens is 270 g/mol. The van der Waals surface area contributed by atoms with Gasteiger partial charge in [0.05, 0.1) is 12.1 Å². The number of benzene rings is 1. The van der Waals surface area contributed by atoms with Crippen LogP contribution >= 0.6 is 0 Å². The number of rotatable bonds is 5. The van der Waals surface area contributed by atoms with Gasteiger partial charge < -0.3 is 10.4 Å². The molecule has 1 aromatic carbocycles. The zero-order valence-electron chi connectivity index (χ0n) is 12.3. The number of tetrazole rings is 1. The molecular formula is C14H19N5O2. The van der Waals surface area contributed by atoms with Crippen LogP contribution in [0.1, 0.15) is 37.2 Å². The van der Waals surface area contributed by atoms with E-state index in [-0.39, 0.29) is 18.5 Å². The first-order chi connectivity index (χ1) is 9.99. The number of aliphatic hydroxyl groups is 1. The van der Waals surface area contributed by atoms with Gasteiger partial charge in [0.2, 0.25) is 0 Å². The van der Waals surface area contributed by atoms with E-state index in [9.17, 15) is 9.90 Å². The van der Waals surface area contributed by atoms with Crippen LogP contribution in [0.15, 0.2) is 24.3 Å². The Hall–Kier alpha value is -2.28. The first-order valence-corrected chi connectivity index (χ1v) is 6.83. The second kappa shape index (κ2) is 6.45. The Morgan fingerprint density at radius 2 is 2.14 bits per heavy atom. The van der Waals surface area contributed by atoms with E-state index in [4.69, 9.17) is 0 Å². The smallest absolute Gasteiger partial charge is 0.251 e. The van der Waals surface area contributed by atoms with Crippen molar-refractivity contribution in [2.24, 2.45) is 0 Å². The summed E-state index contributed by atoms with van der Waals surface area (Å²) in [5, 5.41) is 23.5. The van der Waals surface area contributed by atoms with Gasteiger partial charge in [-0.15, -0.1) is 5.10 Å². The molecule has 0 aliphatic carbocycles. The van der Waals surface area contributed by atoms with Crippen molar-refractivity contribution >= 4 is 5.91 Å². The summed E-state index contributed by atoms with van der Waals surface area (Å²) in [6.45, 7) is 5.80. The molecule has 2 rings (SSSR count). The van der Waals surface area contributed by atoms with Crippen LogP contribution in [0.2, 0.25) is 0 Å². The van der Waals surface area contributed by atoms with E-state index in [1.54, 1.807) is 29.8 Å². The lowest BCUT2D eigenvalue weighted by atomic mass is 10.1. The molecule has 1 aromatic heterocycles. The molecule has 0 spiro atoms. The fourth-order valence-corrected chi connectivity index (χ4v) is 1.87. The number of hydrogen-bond donors (Lipinski definition) is 2. The molecule has 0 aliphatic rings. The Labute approximate surface area is 123 Å². The predicted molar refractivity (Wildman–Crippen MR) is 77.7 cm³/mol. The summed E-state index contributed by atoms with van der Waals surface area (Å²) in [7, 11) is 0. The Kier molecular flexibility index (Phi) is 4.64. The summed E-state index contributed by atoms with van der Waals surface area (Å²) in [6.07, 6.45) is -0.578. The number of amides is 1. The molecule has 7 heteroatoms. The highest BCUT2D eigenvalue weighted by Gasteiger charge is 2.13. The van der Waals surface area contributed by atoms with Gasteiger partial charge in [0.25, 0.3) is 5.91 Å². The standard InChI is InChI=1S/C14H19N5O2/c1-9(2)19-13(16-17-18-19)11-5-4-6-12(7-11)14(21)15-8-10(3)20/h4-7,9-10,20H,8H2,1-3H3,(H,15,21). The average molecular weight is 289 g/mol. The van der Waals surface area contributed by atoms with E-state index in [1.165, 1.54) is 0 Å². The van der Waals surface area contributed by atoms with Crippen molar-refractivity contribution in [1.82, 2.24) is 25.5 Å². The lowest BCUT2D eigenvalue weighted by molar-refractivity contribution is 0.0924. The third kappa shape index (κ3) is 3.63. The number of nitrogens with one attached hydrogen (secondary N) is 1. The minimum Gasteiger partial charge on any atom is -0.392 e. The fraction of sp³-hybridized carbons (Fsp3) is 0.429. The minimum atomic E-state index is -0.578. The van der Waals surface area contributed by atoms with Crippen molar-refractivity contribution in [1.29, 1.82) is 0 Å². The quantitative estimate of drug-likeness (QED) is 0.857. The third-order valence-corrected chi connectivity index (χ3v) is 2.92. The van der Waals surface area contributed by atoms with Gasteiger partial charge in [-0.1, -0.05) is 12.1 Å². The third-order valence-electron chi connectivity index (χ3n) is 2.92. The van der Waals surface area contributed by atoms with Crippen LogP contribution in [0.3, 0.4) is 0 Å². The topological polar surface area (TPSA) is 92.9 Å². The molecule has 1 atom stereocenters. The molecule has 0 bridgehead atoms. The molecule has 1 heterocycles. The van der Waals surface area contributed by atoms with Gasteiger partial charge in [0.15, 0.2) is 5.82 Å². The van der Waals surface area contributed by atoms with Crippen LogP contribution < -0.4 is 5.32 Å². The van der Waals surface area contributed by atoms with Gasteiger partial charge in [-0.2, -0.15) is 0 Å². The predicted octanol–water partition coefficient (Wildman–Crippen LogP) is 1.03. The Balaban J connectivity index is 2.25. The van der Waals surface area contributed by atoms with Gasteiger partial charge >= 0.3 is 0 Å². The first-order valence-electron chi connectivity index (χ1n) is 6.83. The van der Waals surface area contributed by atoms with E-state index < -0.39 is 6.10 Å². The lowest BCUT2D eigenvalue weighted by Gasteiger charge is -2.10. The number of nitrogens with zero attached hydrogens (tertiary/aromatic N) is 4. The second-order valence-electron chi connectivity index (χ2n) is 5.18. The van der Waals surface area contributed by atoms with E-state index in [0.29, 0.717) is 11.4 Å². The minimum absolute atomic E-state index is 0.128. The molecule has 2 aromatic rings. The van der Waals surface area contributed by atoms with E-state index in [2.05, 4.69) is 20.8 Å². The van der Waals surface area contributed by atoms with Crippen molar-refractivity contribution in [3.05, 3.63) is 29.8 Å². The van der Waals surface area contributed by atoms with Gasteiger partial charge in [-0.3, -0.25) is 4.79 Å². The zero-order chi connectivity index (χ0) is 15.4. The lowest BCUT2D eigenvalue weighted by Crippen LogP contribution is -2.30. The fourth-order valence-electron chi connectivity index (χ4n) is 1.87. The summed E-state index contributed by atoms with van der Waals surface area (Å²) in [5.41, 5.74) is 1.28. The molecule has 21 heavy (non-hydrogen) atoms. The summed E-state index contributed by atoms with van der Waals surface area (Å²) >= 11 is 0. The Morgan fingerprint density at radius 3 is 2.81 bits per heavy atom. The van der Waals surface area contributed by atoms with Gasteiger partial charge in [0.1, 0.15) is 0 Å². The van der Waals surface area contributed by atoms with Gasteiger partial charge in [-0.25, -0.2) is 4.68 Å². The SMILES string of the molecule is CC(O)CNC(=O)c1cccc(-c2nnnn2C(C)C)c1. The van der Waals surface area contributed by atoms with Crippen LogP contribution in [-0.4, -0.2) is 43.9 Å². The molecule has 0 saturated heterocycles. The largest absolute Gasteiger partial charge is 0.392 e. The van der Waals surface area contributed by atoms with Crippen molar-refractivity contribution in [3.63, 3.8) is 0 Å². The highest BCUT2D eigenvalue weighted by atomic mass is 16.3. The summed E-state index contributed by atoms with van der Waals surface area (Å²) in [5.74, 6) is 0.386. The number of aromatic nitrogens is 4. The molecule has 1 unspecified atom stereocenters. The van der Waals surface area contributed by atoms with Crippen molar-refractivity contribution < 1.29 is 9.90 Å². The summed E-state index contributed by atoms with van der Waals surface area (Å²) in [6, 6.07) is 7.22. The highest BCUT2D eigenvalue weighted by molar-refractivity contribution is 5.95. The Bertz CT molecular complexity index is 621. The van der Waals surface area contributed by atoms with E-state index in [0.717, 1.165) is 5.56 Å². The summed E-state index contributed by atoms with van der Waals surface area (Å²) in [4.78, 5) is 12.0. The van der Waals surface area contributed by atoms with Crippen molar-refractivity contribution in [3.8, 4) is 11.4 Å². The zero-order valence-corrected chi connectivity index (χ0v) is 12.3. The normalized spacial score (nSPS) is 12.4. The number of hydrogen-bond acceptors (Lipinski definition) is 5. The summed E-state index contributed by atoms with van der Waals surface area (Å²) < 4.78 is 1.70. The highest BCUT2D eigenvalue weighted by Crippen LogP contribution is 2.19. The first kappa shape index (κ1) is 15.1. The van der Waals surface area contributed by atoms with Crippen molar-refractivity contribution in [2.75, 3.05) is 6.54 Å². The van der Waals surface area contributed by atoms with Crippen LogP contribution in [0, 0.1) is 0 Å². The Morgan fingerprint density at radius 1 is 1.38 bits per heavy atom. The van der Waals surface area contributed by atoms with Crippen LogP contribution in [0.5, 0.6) is 0 Å². The maximum Gasteiger partial charge on any atom is 0.251 e. The van der Waals surface area contributed by atoms with Crippen LogP contribution in [0.25, 0.3) is 11.4 Å². The number of aliphatic hydroxyl groups excluding tert-OH is 1. The maximum atomic E-state index is 12.0. The molecule has 0 radical (unpaired) electrons. The monoisotopic (exact) mass is 289 g/mol.